The lowest BCUT2D eigenvalue weighted by molar-refractivity contribution is -0.140. The number of hydrogen-bond acceptors (Lipinski definition) is 4. The van der Waals surface area contributed by atoms with E-state index in [1.165, 1.54) is 21.3 Å². The number of anilines is 1. The summed E-state index contributed by atoms with van der Waals surface area (Å²) >= 11 is 0. The van der Waals surface area contributed by atoms with E-state index in [9.17, 15) is 22.4 Å². The van der Waals surface area contributed by atoms with Gasteiger partial charge in [0.15, 0.2) is 0 Å². The van der Waals surface area contributed by atoms with Crippen LogP contribution in [0, 0.1) is 5.82 Å². The number of carbonyl (C=O) groups is 2. The van der Waals surface area contributed by atoms with E-state index in [0.29, 0.717) is 17.8 Å². The van der Waals surface area contributed by atoms with E-state index >= 15 is 0 Å². The van der Waals surface area contributed by atoms with Gasteiger partial charge in [-0.1, -0.05) is 44.5 Å². The summed E-state index contributed by atoms with van der Waals surface area (Å²) in [5.74, 6) is -0.908. The summed E-state index contributed by atoms with van der Waals surface area (Å²) in [6.45, 7) is 6.53. The number of sulfonamides is 1. The number of amides is 2. The first-order chi connectivity index (χ1) is 17.1. The first-order valence-corrected chi connectivity index (χ1v) is 14.3. The predicted octanol–water partition coefficient (Wildman–Crippen LogP) is 4.27. The minimum absolute atomic E-state index is 0.0623. The van der Waals surface area contributed by atoms with E-state index in [1.54, 1.807) is 31.2 Å². The van der Waals surface area contributed by atoms with Crippen LogP contribution in [0.2, 0.25) is 0 Å². The van der Waals surface area contributed by atoms with Crippen LogP contribution in [0.5, 0.6) is 0 Å². The Morgan fingerprint density at radius 2 is 1.58 bits per heavy atom. The molecule has 0 aromatic heterocycles. The summed E-state index contributed by atoms with van der Waals surface area (Å²) in [7, 11) is -3.54. The van der Waals surface area contributed by atoms with Crippen LogP contribution in [0.25, 0.3) is 0 Å². The molecule has 0 aliphatic carbocycles. The zero-order valence-electron chi connectivity index (χ0n) is 21.7. The van der Waals surface area contributed by atoms with Crippen molar-refractivity contribution in [1.29, 1.82) is 0 Å². The highest BCUT2D eigenvalue weighted by molar-refractivity contribution is 7.92. The van der Waals surface area contributed by atoms with E-state index in [0.717, 1.165) is 31.1 Å². The fourth-order valence-electron chi connectivity index (χ4n) is 3.81. The molecule has 198 valence electrons. The molecule has 0 bridgehead atoms. The van der Waals surface area contributed by atoms with Crippen molar-refractivity contribution in [2.75, 3.05) is 23.7 Å². The average molecular weight is 520 g/mol. The Balaban J connectivity index is 2.13. The van der Waals surface area contributed by atoms with E-state index in [4.69, 9.17) is 0 Å². The molecule has 0 fully saturated rings. The van der Waals surface area contributed by atoms with E-state index in [1.807, 2.05) is 26.0 Å². The molecule has 0 saturated carbocycles. The Morgan fingerprint density at radius 3 is 2.14 bits per heavy atom. The van der Waals surface area contributed by atoms with Gasteiger partial charge in [0.05, 0.1) is 11.9 Å². The van der Waals surface area contributed by atoms with Crippen molar-refractivity contribution in [2.45, 2.75) is 65.5 Å². The predicted molar refractivity (Wildman–Crippen MR) is 142 cm³/mol. The van der Waals surface area contributed by atoms with Gasteiger partial charge >= 0.3 is 0 Å². The van der Waals surface area contributed by atoms with Crippen molar-refractivity contribution in [2.24, 2.45) is 0 Å². The summed E-state index contributed by atoms with van der Waals surface area (Å²) in [5, 5.41) is 2.86. The molecule has 7 nitrogen and oxygen atoms in total. The maximum Gasteiger partial charge on any atom is 0.242 e. The molecule has 1 unspecified atom stereocenters. The zero-order valence-corrected chi connectivity index (χ0v) is 22.5. The van der Waals surface area contributed by atoms with Gasteiger partial charge in [0.2, 0.25) is 21.8 Å². The van der Waals surface area contributed by atoms with Crippen LogP contribution in [-0.2, 0) is 32.6 Å². The molecule has 0 heterocycles. The number of nitrogens with zero attached hydrogens (tertiary/aromatic N) is 2. The van der Waals surface area contributed by atoms with Crippen molar-refractivity contribution in [3.8, 4) is 0 Å². The van der Waals surface area contributed by atoms with Crippen LogP contribution < -0.4 is 9.62 Å². The molecule has 0 spiro atoms. The molecule has 2 amide bonds. The maximum atomic E-state index is 13.4. The van der Waals surface area contributed by atoms with Crippen LogP contribution >= 0.6 is 0 Å². The molecule has 0 aliphatic heterocycles. The molecule has 0 saturated heterocycles. The second-order valence-electron chi connectivity index (χ2n) is 8.93. The SMILES string of the molecule is CCCCNC(=O)C(C)N(Cc1ccc(F)cc1)C(=O)CCCN(c1ccc(CC)cc1)S(C)(=O)=O. The van der Waals surface area contributed by atoms with Gasteiger partial charge in [-0.25, -0.2) is 12.8 Å². The molecule has 1 N–H and O–H groups in total. The molecular weight excluding hydrogens is 481 g/mol. The van der Waals surface area contributed by atoms with Crippen molar-refractivity contribution in [3.63, 3.8) is 0 Å². The summed E-state index contributed by atoms with van der Waals surface area (Å²) in [4.78, 5) is 27.4. The number of aryl methyl sites for hydroxylation is 1. The first-order valence-electron chi connectivity index (χ1n) is 12.4. The fourth-order valence-corrected chi connectivity index (χ4v) is 4.77. The monoisotopic (exact) mass is 519 g/mol. The number of rotatable bonds is 14. The van der Waals surface area contributed by atoms with Crippen molar-refractivity contribution >= 4 is 27.5 Å². The molecule has 9 heteroatoms. The molecule has 0 aliphatic rings. The Kier molecular flexibility index (Phi) is 11.4. The second-order valence-corrected chi connectivity index (χ2v) is 10.8. The van der Waals surface area contributed by atoms with Gasteiger partial charge in [0.1, 0.15) is 11.9 Å². The topological polar surface area (TPSA) is 86.8 Å². The first kappa shape index (κ1) is 29.3. The molecule has 36 heavy (non-hydrogen) atoms. The average Bonchev–Trinajstić information content (AvgIpc) is 2.85. The summed E-state index contributed by atoms with van der Waals surface area (Å²) in [6, 6.07) is 12.4. The van der Waals surface area contributed by atoms with E-state index < -0.39 is 16.1 Å². The van der Waals surface area contributed by atoms with Gasteiger partial charge in [0.25, 0.3) is 0 Å². The largest absolute Gasteiger partial charge is 0.354 e. The van der Waals surface area contributed by atoms with Crippen LogP contribution in [0.3, 0.4) is 0 Å². The van der Waals surface area contributed by atoms with Crippen molar-refractivity contribution < 1.29 is 22.4 Å². The van der Waals surface area contributed by atoms with Gasteiger partial charge in [-0.15, -0.1) is 0 Å². The third kappa shape index (κ3) is 8.93. The zero-order chi connectivity index (χ0) is 26.7. The highest BCUT2D eigenvalue weighted by atomic mass is 32.2. The fraction of sp³-hybridized carbons (Fsp3) is 0.481. The molecule has 2 rings (SSSR count). The van der Waals surface area contributed by atoms with Gasteiger partial charge in [0, 0.05) is 26.1 Å². The van der Waals surface area contributed by atoms with Gasteiger partial charge in [-0.2, -0.15) is 0 Å². The number of halogens is 1. The summed E-state index contributed by atoms with van der Waals surface area (Å²) < 4.78 is 39.5. The van der Waals surface area contributed by atoms with E-state index in [2.05, 4.69) is 5.32 Å². The van der Waals surface area contributed by atoms with Gasteiger partial charge < -0.3 is 10.2 Å². The number of nitrogens with one attached hydrogen (secondary N) is 1. The van der Waals surface area contributed by atoms with Gasteiger partial charge in [-0.3, -0.25) is 13.9 Å². The smallest absolute Gasteiger partial charge is 0.242 e. The molecule has 1 atom stereocenters. The van der Waals surface area contributed by atoms with Crippen molar-refractivity contribution in [1.82, 2.24) is 10.2 Å². The summed E-state index contributed by atoms with van der Waals surface area (Å²) in [5.41, 5.74) is 2.35. The standard InChI is InChI=1S/C27H38FN3O4S/c1-5-7-18-29-27(33)21(3)30(20-23-10-14-24(28)15-11-23)26(32)9-8-19-31(36(4,34)35)25-16-12-22(6-2)13-17-25/h10-17,21H,5-9,18-20H2,1-4H3,(H,29,33). The van der Waals surface area contributed by atoms with Crippen LogP contribution in [0.15, 0.2) is 48.5 Å². The van der Waals surface area contributed by atoms with E-state index in [-0.39, 0.29) is 43.6 Å². The lowest BCUT2D eigenvalue weighted by Gasteiger charge is -2.29. The molecule has 0 radical (unpaired) electrons. The van der Waals surface area contributed by atoms with Crippen LogP contribution in [-0.4, -0.2) is 50.5 Å². The molecular formula is C27H38FN3O4S. The number of hydrogen-bond donors (Lipinski definition) is 1. The second kappa shape index (κ2) is 14.0. The molecule has 2 aromatic carbocycles. The Morgan fingerprint density at radius 1 is 0.972 bits per heavy atom. The Bertz CT molecular complexity index is 1090. The molecule has 2 aromatic rings. The lowest BCUT2D eigenvalue weighted by atomic mass is 10.1. The minimum atomic E-state index is -3.54. The lowest BCUT2D eigenvalue weighted by Crippen LogP contribution is -2.48. The normalized spacial score (nSPS) is 12.1. The van der Waals surface area contributed by atoms with Crippen LogP contribution in [0.1, 0.15) is 57.6 Å². The maximum absolute atomic E-state index is 13.4. The third-order valence-electron chi connectivity index (χ3n) is 6.05. The quantitative estimate of drug-likeness (QED) is 0.378. The number of carbonyl (C=O) groups excluding carboxylic acids is 2. The van der Waals surface area contributed by atoms with Crippen molar-refractivity contribution in [3.05, 3.63) is 65.5 Å². The Labute approximate surface area is 214 Å². The highest BCUT2D eigenvalue weighted by Gasteiger charge is 2.26. The minimum Gasteiger partial charge on any atom is -0.354 e. The number of benzene rings is 2. The summed E-state index contributed by atoms with van der Waals surface area (Å²) in [6.07, 6.45) is 4.11. The Hall–Kier alpha value is -2.94. The highest BCUT2D eigenvalue weighted by Crippen LogP contribution is 2.20. The number of unbranched alkanes of at least 4 members (excludes halogenated alkanes) is 1. The van der Waals surface area contributed by atoms with Gasteiger partial charge in [-0.05, 0) is 61.6 Å². The van der Waals surface area contributed by atoms with Crippen LogP contribution in [0.4, 0.5) is 10.1 Å². The third-order valence-corrected chi connectivity index (χ3v) is 7.24.